The van der Waals surface area contributed by atoms with Gasteiger partial charge >= 0.3 is 0 Å². The van der Waals surface area contributed by atoms with E-state index in [1.54, 1.807) is 0 Å². The van der Waals surface area contributed by atoms with Gasteiger partial charge in [0.05, 0.1) is 12.1 Å². The Hall–Kier alpha value is -0.590. The Kier molecular flexibility index (Phi) is 6.44. The lowest BCUT2D eigenvalue weighted by Crippen LogP contribution is -2.42. The molecule has 1 heterocycles. The Bertz CT molecular complexity index is 222. The Morgan fingerprint density at radius 3 is 2.88 bits per heavy atom. The van der Waals surface area contributed by atoms with Crippen LogP contribution in [0.3, 0.4) is 0 Å². The van der Waals surface area contributed by atoms with Gasteiger partial charge in [-0.3, -0.25) is 0 Å². The Labute approximate surface area is 99.8 Å². The quantitative estimate of drug-likeness (QED) is 0.750. The second kappa shape index (κ2) is 7.65. The fourth-order valence-electron chi connectivity index (χ4n) is 2.57. The molecule has 2 atom stereocenters. The molecule has 3 heteroatoms. The molecule has 0 bridgehead atoms. The van der Waals surface area contributed by atoms with Gasteiger partial charge in [-0.25, -0.2) is 0 Å². The van der Waals surface area contributed by atoms with Gasteiger partial charge in [-0.2, -0.15) is 5.26 Å². The Morgan fingerprint density at radius 2 is 2.25 bits per heavy atom. The summed E-state index contributed by atoms with van der Waals surface area (Å²) in [4.78, 5) is 2.57. The van der Waals surface area contributed by atoms with Crippen LogP contribution in [0.5, 0.6) is 0 Å². The second-order valence-electron chi connectivity index (χ2n) is 4.62. The number of likely N-dealkylation sites (tertiary alicyclic amines) is 1. The molecule has 2 unspecified atom stereocenters. The van der Waals surface area contributed by atoms with Crippen molar-refractivity contribution in [3.63, 3.8) is 0 Å². The molecule has 3 nitrogen and oxygen atoms in total. The zero-order chi connectivity index (χ0) is 11.8. The highest BCUT2D eigenvalue weighted by Gasteiger charge is 2.21. The number of nitriles is 1. The van der Waals surface area contributed by atoms with Crippen LogP contribution in [0.2, 0.25) is 0 Å². The standard InChI is InChI=1S/C13H25N3/c1-3-13-7-5-6-9-16(13)10-8-12(11-14)15-4-2/h12-13,15H,3-10H2,1-2H3. The van der Waals surface area contributed by atoms with Crippen LogP contribution in [0.4, 0.5) is 0 Å². The van der Waals surface area contributed by atoms with E-state index in [1.807, 2.05) is 0 Å². The lowest BCUT2D eigenvalue weighted by molar-refractivity contribution is 0.140. The molecule has 0 aromatic rings. The van der Waals surface area contributed by atoms with Gasteiger partial charge in [-0.1, -0.05) is 20.3 Å². The van der Waals surface area contributed by atoms with Gasteiger partial charge < -0.3 is 10.2 Å². The molecule has 1 saturated heterocycles. The van der Waals surface area contributed by atoms with Crippen LogP contribution in [0.15, 0.2) is 0 Å². The zero-order valence-electron chi connectivity index (χ0n) is 10.7. The molecule has 0 aliphatic carbocycles. The molecule has 0 aromatic heterocycles. The molecule has 0 aromatic carbocycles. The third-order valence-corrected chi connectivity index (χ3v) is 3.53. The molecule has 1 aliphatic rings. The van der Waals surface area contributed by atoms with Gasteiger partial charge in [0, 0.05) is 12.6 Å². The van der Waals surface area contributed by atoms with E-state index in [1.165, 1.54) is 32.2 Å². The van der Waals surface area contributed by atoms with Crippen LogP contribution >= 0.6 is 0 Å². The molecule has 0 saturated carbocycles. The van der Waals surface area contributed by atoms with Crippen LogP contribution in [0.1, 0.15) is 46.0 Å². The number of hydrogen-bond donors (Lipinski definition) is 1. The minimum atomic E-state index is 0.0319. The number of piperidine rings is 1. The molecule has 1 aliphatic heterocycles. The predicted molar refractivity (Wildman–Crippen MR) is 67.2 cm³/mol. The van der Waals surface area contributed by atoms with Crippen molar-refractivity contribution in [3.05, 3.63) is 0 Å². The first kappa shape index (κ1) is 13.5. The van der Waals surface area contributed by atoms with Gasteiger partial charge in [-0.15, -0.1) is 0 Å². The van der Waals surface area contributed by atoms with E-state index < -0.39 is 0 Å². The van der Waals surface area contributed by atoms with E-state index in [0.29, 0.717) is 0 Å². The van der Waals surface area contributed by atoms with Gasteiger partial charge in [0.25, 0.3) is 0 Å². The van der Waals surface area contributed by atoms with E-state index >= 15 is 0 Å². The smallest absolute Gasteiger partial charge is 0.0965 e. The fourth-order valence-corrected chi connectivity index (χ4v) is 2.57. The van der Waals surface area contributed by atoms with E-state index in [-0.39, 0.29) is 6.04 Å². The average molecular weight is 223 g/mol. The molecule has 0 amide bonds. The van der Waals surface area contributed by atoms with Crippen LogP contribution in [-0.2, 0) is 0 Å². The van der Waals surface area contributed by atoms with Crippen molar-refractivity contribution in [1.29, 1.82) is 5.26 Å². The number of nitrogens with one attached hydrogen (secondary N) is 1. The highest BCUT2D eigenvalue weighted by molar-refractivity contribution is 4.90. The molecule has 1 rings (SSSR count). The first-order valence-corrected chi connectivity index (χ1v) is 6.68. The summed E-state index contributed by atoms with van der Waals surface area (Å²) in [5.41, 5.74) is 0. The molecule has 0 spiro atoms. The predicted octanol–water partition coefficient (Wildman–Crippen LogP) is 2.14. The molecular formula is C13H25N3. The van der Waals surface area contributed by atoms with Gasteiger partial charge in [-0.05, 0) is 38.8 Å². The summed E-state index contributed by atoms with van der Waals surface area (Å²) >= 11 is 0. The van der Waals surface area contributed by atoms with Crippen molar-refractivity contribution in [1.82, 2.24) is 10.2 Å². The topological polar surface area (TPSA) is 39.1 Å². The van der Waals surface area contributed by atoms with E-state index in [9.17, 15) is 0 Å². The fraction of sp³-hybridized carbons (Fsp3) is 0.923. The maximum absolute atomic E-state index is 8.98. The van der Waals surface area contributed by atoms with Crippen molar-refractivity contribution < 1.29 is 0 Å². The molecular weight excluding hydrogens is 198 g/mol. The molecule has 1 fully saturated rings. The van der Waals surface area contributed by atoms with E-state index in [4.69, 9.17) is 5.26 Å². The number of rotatable bonds is 6. The maximum atomic E-state index is 8.98. The van der Waals surface area contributed by atoms with Crippen LogP contribution < -0.4 is 5.32 Å². The van der Waals surface area contributed by atoms with Gasteiger partial charge in [0.1, 0.15) is 0 Å². The highest BCUT2D eigenvalue weighted by Crippen LogP contribution is 2.19. The van der Waals surface area contributed by atoms with Crippen LogP contribution in [0, 0.1) is 11.3 Å². The van der Waals surface area contributed by atoms with E-state index in [2.05, 4.69) is 30.1 Å². The lowest BCUT2D eigenvalue weighted by Gasteiger charge is -2.35. The highest BCUT2D eigenvalue weighted by atomic mass is 15.2. The SMILES string of the molecule is CCNC(C#N)CCN1CCCCC1CC. The summed E-state index contributed by atoms with van der Waals surface area (Å²) in [6.45, 7) is 7.51. The van der Waals surface area contributed by atoms with Crippen LogP contribution in [0.25, 0.3) is 0 Å². The minimum Gasteiger partial charge on any atom is -0.302 e. The van der Waals surface area contributed by atoms with Crippen molar-refractivity contribution in [2.45, 2.75) is 58.0 Å². The first-order valence-electron chi connectivity index (χ1n) is 6.68. The maximum Gasteiger partial charge on any atom is 0.0965 e. The monoisotopic (exact) mass is 223 g/mol. The lowest BCUT2D eigenvalue weighted by atomic mass is 9.99. The number of hydrogen-bond acceptors (Lipinski definition) is 3. The normalized spacial score (nSPS) is 23.9. The zero-order valence-corrected chi connectivity index (χ0v) is 10.7. The second-order valence-corrected chi connectivity index (χ2v) is 4.62. The molecule has 1 N–H and O–H groups in total. The largest absolute Gasteiger partial charge is 0.302 e. The van der Waals surface area contributed by atoms with Crippen molar-refractivity contribution >= 4 is 0 Å². The van der Waals surface area contributed by atoms with Crippen molar-refractivity contribution in [3.8, 4) is 6.07 Å². The van der Waals surface area contributed by atoms with Gasteiger partial charge in [0.2, 0.25) is 0 Å². The third kappa shape index (κ3) is 4.11. The third-order valence-electron chi connectivity index (χ3n) is 3.53. The number of nitrogens with zero attached hydrogens (tertiary/aromatic N) is 2. The summed E-state index contributed by atoms with van der Waals surface area (Å²) in [5.74, 6) is 0. The van der Waals surface area contributed by atoms with Crippen LogP contribution in [-0.4, -0.2) is 36.6 Å². The minimum absolute atomic E-state index is 0.0319. The van der Waals surface area contributed by atoms with Gasteiger partial charge in [0.15, 0.2) is 0 Å². The molecule has 0 radical (unpaired) electrons. The summed E-state index contributed by atoms with van der Waals surface area (Å²) in [6.07, 6.45) is 6.26. The van der Waals surface area contributed by atoms with Crippen molar-refractivity contribution in [2.75, 3.05) is 19.6 Å². The Balaban J connectivity index is 2.31. The molecule has 92 valence electrons. The molecule has 16 heavy (non-hydrogen) atoms. The Morgan fingerprint density at radius 1 is 1.44 bits per heavy atom. The summed E-state index contributed by atoms with van der Waals surface area (Å²) in [6, 6.07) is 3.13. The summed E-state index contributed by atoms with van der Waals surface area (Å²) < 4.78 is 0. The first-order chi connectivity index (χ1) is 7.81. The van der Waals surface area contributed by atoms with Crippen molar-refractivity contribution in [2.24, 2.45) is 0 Å². The van der Waals surface area contributed by atoms with E-state index in [0.717, 1.165) is 25.6 Å². The summed E-state index contributed by atoms with van der Waals surface area (Å²) in [7, 11) is 0. The average Bonchev–Trinajstić information content (AvgIpc) is 2.34. The summed E-state index contributed by atoms with van der Waals surface area (Å²) in [5, 5.41) is 12.2.